The van der Waals surface area contributed by atoms with Gasteiger partial charge in [-0.2, -0.15) is 0 Å². The van der Waals surface area contributed by atoms with Gasteiger partial charge in [-0.3, -0.25) is 0 Å². The van der Waals surface area contributed by atoms with Crippen LogP contribution in [0.2, 0.25) is 0 Å². The van der Waals surface area contributed by atoms with Crippen LogP contribution < -0.4 is 4.74 Å². The van der Waals surface area contributed by atoms with Crippen molar-refractivity contribution < 1.29 is 4.74 Å². The summed E-state index contributed by atoms with van der Waals surface area (Å²) < 4.78 is 7.69. The minimum Gasteiger partial charge on any atom is -0.497 e. The predicted octanol–water partition coefficient (Wildman–Crippen LogP) is 4.50. The van der Waals surface area contributed by atoms with Gasteiger partial charge in [-0.25, -0.2) is 4.98 Å². The van der Waals surface area contributed by atoms with E-state index in [4.69, 9.17) is 4.74 Å². The second-order valence-electron chi connectivity index (χ2n) is 8.24. The van der Waals surface area contributed by atoms with Crippen LogP contribution in [0.5, 0.6) is 5.75 Å². The molecule has 3 aromatic heterocycles. The second kappa shape index (κ2) is 9.73. The number of methoxy groups -OCH3 is 1. The number of H-pyrrole nitrogens is 2. The van der Waals surface area contributed by atoms with E-state index in [1.165, 1.54) is 22.0 Å². The lowest BCUT2D eigenvalue weighted by atomic mass is 10.1. The van der Waals surface area contributed by atoms with E-state index in [0.29, 0.717) is 0 Å². The summed E-state index contributed by atoms with van der Waals surface area (Å²) in [5.74, 6) is 2.87. The van der Waals surface area contributed by atoms with E-state index in [0.717, 1.165) is 61.7 Å². The van der Waals surface area contributed by atoms with E-state index < -0.39 is 0 Å². The molecule has 0 aliphatic carbocycles. The van der Waals surface area contributed by atoms with Crippen LogP contribution in [0.4, 0.5) is 0 Å². The monoisotopic (exact) mass is 440 g/mol. The van der Waals surface area contributed by atoms with Crippen LogP contribution in [0.25, 0.3) is 10.9 Å². The van der Waals surface area contributed by atoms with Crippen LogP contribution in [0, 0.1) is 0 Å². The predicted molar refractivity (Wildman–Crippen MR) is 128 cm³/mol. The van der Waals surface area contributed by atoms with Crippen LogP contribution in [-0.2, 0) is 32.2 Å². The van der Waals surface area contributed by atoms with Gasteiger partial charge in [-0.1, -0.05) is 30.3 Å². The van der Waals surface area contributed by atoms with Crippen LogP contribution in [-0.4, -0.2) is 36.8 Å². The average molecular weight is 441 g/mol. The Morgan fingerprint density at radius 3 is 2.73 bits per heavy atom. The maximum Gasteiger partial charge on any atom is 0.137 e. The van der Waals surface area contributed by atoms with E-state index in [-0.39, 0.29) is 0 Å². The molecule has 2 aromatic carbocycles. The molecule has 0 spiro atoms. The minimum absolute atomic E-state index is 0.722. The first-order chi connectivity index (χ1) is 16.3. The highest BCUT2D eigenvalue weighted by Crippen LogP contribution is 2.21. The Kier molecular flexibility index (Phi) is 6.19. The van der Waals surface area contributed by atoms with Gasteiger partial charge in [0.25, 0.3) is 0 Å². The van der Waals surface area contributed by atoms with E-state index in [1.54, 1.807) is 13.4 Å². The molecule has 5 aromatic rings. The number of aromatic amines is 2. The standard InChI is InChI=1S/C26H28N6O/c1-33-22-8-4-6-19(14-22)15-26-31-30-25(32(26)13-5-7-21-17-27-18-29-21)12-11-20-16-28-24-10-3-2-9-23(20)24/h2-4,6,8-10,14,16-18,28H,5,7,11-13,15H2,1H3,(H,27,29). The maximum absolute atomic E-state index is 5.39. The Bertz CT molecular complexity index is 1320. The molecule has 0 radical (unpaired) electrons. The van der Waals surface area contributed by atoms with Gasteiger partial charge in [0.1, 0.15) is 17.4 Å². The van der Waals surface area contributed by atoms with Crippen molar-refractivity contribution >= 4 is 10.9 Å². The first-order valence-corrected chi connectivity index (χ1v) is 11.4. The molecule has 0 fully saturated rings. The van der Waals surface area contributed by atoms with Crippen molar-refractivity contribution in [3.8, 4) is 5.75 Å². The highest BCUT2D eigenvalue weighted by atomic mass is 16.5. The molecule has 0 saturated heterocycles. The Hall–Kier alpha value is -3.87. The molecule has 7 heteroatoms. The Morgan fingerprint density at radius 2 is 1.85 bits per heavy atom. The fourth-order valence-corrected chi connectivity index (χ4v) is 4.34. The first-order valence-electron chi connectivity index (χ1n) is 11.4. The molecule has 3 heterocycles. The third-order valence-electron chi connectivity index (χ3n) is 6.06. The van der Waals surface area contributed by atoms with E-state index >= 15 is 0 Å². The number of fused-ring (bicyclic) bond motifs is 1. The maximum atomic E-state index is 5.39. The number of aryl methyl sites for hydroxylation is 3. The third-order valence-corrected chi connectivity index (χ3v) is 6.06. The molecule has 7 nitrogen and oxygen atoms in total. The number of hydrogen-bond acceptors (Lipinski definition) is 4. The Labute approximate surface area is 192 Å². The van der Waals surface area contributed by atoms with Crippen molar-refractivity contribution in [2.45, 2.75) is 38.6 Å². The van der Waals surface area contributed by atoms with E-state index in [1.807, 2.05) is 18.3 Å². The van der Waals surface area contributed by atoms with Crippen molar-refractivity contribution in [1.29, 1.82) is 0 Å². The smallest absolute Gasteiger partial charge is 0.137 e. The topological polar surface area (TPSA) is 84.4 Å². The molecule has 0 aliphatic rings. The molecular formula is C26H28N6O. The highest BCUT2D eigenvalue weighted by molar-refractivity contribution is 5.83. The van der Waals surface area contributed by atoms with Crippen LogP contribution >= 0.6 is 0 Å². The van der Waals surface area contributed by atoms with Gasteiger partial charge in [0.2, 0.25) is 0 Å². The molecule has 0 amide bonds. The molecule has 0 aliphatic heterocycles. The number of nitrogens with zero attached hydrogens (tertiary/aromatic N) is 4. The molecule has 0 bridgehead atoms. The number of hydrogen-bond donors (Lipinski definition) is 2. The number of imidazole rings is 1. The van der Waals surface area contributed by atoms with Crippen molar-refractivity contribution in [3.05, 3.63) is 95.7 Å². The summed E-state index contributed by atoms with van der Waals surface area (Å²) in [5.41, 5.74) is 4.73. The summed E-state index contributed by atoms with van der Waals surface area (Å²) in [7, 11) is 1.69. The zero-order chi connectivity index (χ0) is 22.5. The van der Waals surface area contributed by atoms with Gasteiger partial charge >= 0.3 is 0 Å². The van der Waals surface area contributed by atoms with Crippen molar-refractivity contribution in [2.75, 3.05) is 7.11 Å². The quantitative estimate of drug-likeness (QED) is 0.335. The highest BCUT2D eigenvalue weighted by Gasteiger charge is 2.14. The summed E-state index contributed by atoms with van der Waals surface area (Å²) in [6.07, 6.45) is 10.2. The van der Waals surface area contributed by atoms with Crippen molar-refractivity contribution in [2.24, 2.45) is 0 Å². The molecule has 0 unspecified atom stereocenters. The minimum atomic E-state index is 0.722. The number of aromatic nitrogens is 6. The number of nitrogens with one attached hydrogen (secondary N) is 2. The molecule has 5 rings (SSSR count). The lowest BCUT2D eigenvalue weighted by Crippen LogP contribution is -2.10. The second-order valence-corrected chi connectivity index (χ2v) is 8.24. The van der Waals surface area contributed by atoms with E-state index in [9.17, 15) is 0 Å². The first kappa shape index (κ1) is 21.0. The molecule has 2 N–H and O–H groups in total. The zero-order valence-corrected chi connectivity index (χ0v) is 18.8. The Morgan fingerprint density at radius 1 is 0.939 bits per heavy atom. The Balaban J connectivity index is 1.35. The SMILES string of the molecule is COc1cccc(Cc2nnc(CCc3c[nH]c4ccccc34)n2CCCc2c[nH]cn2)c1. The third kappa shape index (κ3) is 4.82. The lowest BCUT2D eigenvalue weighted by Gasteiger charge is -2.11. The molecule has 33 heavy (non-hydrogen) atoms. The fraction of sp³-hybridized carbons (Fsp3) is 0.269. The van der Waals surface area contributed by atoms with Gasteiger partial charge in [-0.15, -0.1) is 10.2 Å². The van der Waals surface area contributed by atoms with Gasteiger partial charge in [0.15, 0.2) is 0 Å². The molecular weight excluding hydrogens is 412 g/mol. The molecule has 0 saturated carbocycles. The van der Waals surface area contributed by atoms with Crippen molar-refractivity contribution in [1.82, 2.24) is 29.7 Å². The van der Waals surface area contributed by atoms with Gasteiger partial charge in [0.05, 0.1) is 19.1 Å². The zero-order valence-electron chi connectivity index (χ0n) is 18.8. The number of ether oxygens (including phenoxy) is 1. The van der Waals surface area contributed by atoms with Gasteiger partial charge < -0.3 is 19.3 Å². The number of benzene rings is 2. The summed E-state index contributed by atoms with van der Waals surface area (Å²) >= 11 is 0. The van der Waals surface area contributed by atoms with Gasteiger partial charge in [-0.05, 0) is 48.6 Å². The van der Waals surface area contributed by atoms with Crippen LogP contribution in [0.1, 0.15) is 34.9 Å². The summed E-state index contributed by atoms with van der Waals surface area (Å²) in [6, 6.07) is 16.6. The number of para-hydroxylation sites is 1. The lowest BCUT2D eigenvalue weighted by molar-refractivity contribution is 0.414. The average Bonchev–Trinajstić information content (AvgIpc) is 3.59. The molecule has 0 atom stereocenters. The number of rotatable bonds is 10. The summed E-state index contributed by atoms with van der Waals surface area (Å²) in [5, 5.41) is 10.5. The largest absolute Gasteiger partial charge is 0.497 e. The van der Waals surface area contributed by atoms with Gasteiger partial charge in [0, 0.05) is 42.7 Å². The van der Waals surface area contributed by atoms with Crippen LogP contribution in [0.3, 0.4) is 0 Å². The van der Waals surface area contributed by atoms with Crippen LogP contribution in [0.15, 0.2) is 67.3 Å². The van der Waals surface area contributed by atoms with Crippen molar-refractivity contribution in [3.63, 3.8) is 0 Å². The summed E-state index contributed by atoms with van der Waals surface area (Å²) in [4.78, 5) is 10.8. The fourth-order valence-electron chi connectivity index (χ4n) is 4.34. The normalized spacial score (nSPS) is 11.3. The molecule has 168 valence electrons. The van der Waals surface area contributed by atoms with E-state index in [2.05, 4.69) is 72.3 Å². The summed E-state index contributed by atoms with van der Waals surface area (Å²) in [6.45, 7) is 0.863.